The minimum absolute atomic E-state index is 1.13. The Morgan fingerprint density at radius 1 is 1.14 bits per heavy atom. The van der Waals surface area contributed by atoms with E-state index in [1.54, 1.807) is 0 Å². The van der Waals surface area contributed by atoms with E-state index >= 15 is 0 Å². The Labute approximate surface area is 87.0 Å². The fraction of sp³-hybridized carbons (Fsp3) is 0.286. The molecule has 0 unspecified atom stereocenters. The maximum Gasteiger partial charge on any atom is -0.0238 e. The first-order chi connectivity index (χ1) is 6.86. The zero-order valence-corrected chi connectivity index (χ0v) is 9.03. The Morgan fingerprint density at radius 3 is 2.43 bits per heavy atom. The minimum atomic E-state index is 1.13. The van der Waals surface area contributed by atoms with E-state index in [-0.39, 0.29) is 0 Å². The molecule has 1 aromatic rings. The van der Waals surface area contributed by atoms with Gasteiger partial charge in [-0.25, -0.2) is 0 Å². The second-order valence-corrected chi connectivity index (χ2v) is 3.35. The number of hydrogen-bond acceptors (Lipinski definition) is 0. The van der Waals surface area contributed by atoms with E-state index in [1.807, 2.05) is 0 Å². The maximum atomic E-state index is 2.18. The van der Waals surface area contributed by atoms with Crippen molar-refractivity contribution in [2.45, 2.75) is 26.7 Å². The summed E-state index contributed by atoms with van der Waals surface area (Å²) >= 11 is 0. The van der Waals surface area contributed by atoms with Crippen molar-refractivity contribution in [1.82, 2.24) is 0 Å². The number of rotatable bonds is 4. The summed E-state index contributed by atoms with van der Waals surface area (Å²) in [5.41, 5.74) is 2.83. The van der Waals surface area contributed by atoms with E-state index in [0.717, 1.165) is 12.8 Å². The van der Waals surface area contributed by atoms with Crippen LogP contribution in [0, 0.1) is 0 Å². The van der Waals surface area contributed by atoms with Crippen LogP contribution in [0.15, 0.2) is 54.1 Å². The molecule has 0 saturated heterocycles. The molecule has 1 rings (SSSR count). The summed E-state index contributed by atoms with van der Waals surface area (Å²) in [4.78, 5) is 0. The molecule has 0 atom stereocenters. The predicted octanol–water partition coefficient (Wildman–Crippen LogP) is 4.14. The standard InChI is InChI=1S/C14H18/c1-3-8-13(4-2)11-12-14-9-6-5-7-10-14/h3-10H,11-12H2,1-2H3/b8-3-,13-4+. The van der Waals surface area contributed by atoms with Crippen molar-refractivity contribution in [1.29, 1.82) is 0 Å². The van der Waals surface area contributed by atoms with Gasteiger partial charge in [-0.15, -0.1) is 0 Å². The molecule has 0 heterocycles. The summed E-state index contributed by atoms with van der Waals surface area (Å²) in [5.74, 6) is 0. The van der Waals surface area contributed by atoms with Gasteiger partial charge >= 0.3 is 0 Å². The summed E-state index contributed by atoms with van der Waals surface area (Å²) in [6.07, 6.45) is 8.72. The van der Waals surface area contributed by atoms with E-state index in [2.05, 4.69) is 62.4 Å². The Morgan fingerprint density at radius 2 is 1.86 bits per heavy atom. The molecule has 0 saturated carbocycles. The monoisotopic (exact) mass is 186 g/mol. The van der Waals surface area contributed by atoms with Gasteiger partial charge in [-0.2, -0.15) is 0 Å². The quantitative estimate of drug-likeness (QED) is 0.620. The molecule has 0 N–H and O–H groups in total. The molecule has 0 aromatic heterocycles. The lowest BCUT2D eigenvalue weighted by atomic mass is 10.0. The highest BCUT2D eigenvalue weighted by atomic mass is 14.0. The van der Waals surface area contributed by atoms with Crippen LogP contribution in [0.2, 0.25) is 0 Å². The third kappa shape index (κ3) is 3.61. The maximum absolute atomic E-state index is 2.18. The molecule has 0 aliphatic carbocycles. The lowest BCUT2D eigenvalue weighted by Crippen LogP contribution is -1.86. The van der Waals surface area contributed by atoms with Crippen molar-refractivity contribution in [3.63, 3.8) is 0 Å². The Hall–Kier alpha value is -1.30. The largest absolute Gasteiger partial charge is 0.0874 e. The molecular weight excluding hydrogens is 168 g/mol. The summed E-state index contributed by atoms with van der Waals surface area (Å²) in [7, 11) is 0. The van der Waals surface area contributed by atoms with Crippen molar-refractivity contribution in [2.24, 2.45) is 0 Å². The Bertz CT molecular complexity index is 304. The first kappa shape index (κ1) is 10.8. The fourth-order valence-corrected chi connectivity index (χ4v) is 1.47. The van der Waals surface area contributed by atoms with E-state index in [1.165, 1.54) is 11.1 Å². The van der Waals surface area contributed by atoms with Crippen molar-refractivity contribution in [3.05, 3.63) is 59.7 Å². The van der Waals surface area contributed by atoms with Gasteiger partial charge in [0, 0.05) is 0 Å². The van der Waals surface area contributed by atoms with Crippen LogP contribution in [0.4, 0.5) is 0 Å². The number of allylic oxidation sites excluding steroid dienone is 4. The average molecular weight is 186 g/mol. The highest BCUT2D eigenvalue weighted by Gasteiger charge is 1.93. The highest BCUT2D eigenvalue weighted by molar-refractivity contribution is 5.21. The fourth-order valence-electron chi connectivity index (χ4n) is 1.47. The summed E-state index contributed by atoms with van der Waals surface area (Å²) in [5, 5.41) is 0. The van der Waals surface area contributed by atoms with Crippen LogP contribution in [0.3, 0.4) is 0 Å². The molecule has 0 radical (unpaired) electrons. The van der Waals surface area contributed by atoms with E-state index in [0.29, 0.717) is 0 Å². The molecular formula is C14H18. The molecule has 0 fully saturated rings. The van der Waals surface area contributed by atoms with Crippen LogP contribution in [0.25, 0.3) is 0 Å². The first-order valence-electron chi connectivity index (χ1n) is 5.18. The zero-order valence-electron chi connectivity index (χ0n) is 9.03. The van der Waals surface area contributed by atoms with Crippen molar-refractivity contribution in [3.8, 4) is 0 Å². The van der Waals surface area contributed by atoms with Crippen molar-refractivity contribution >= 4 is 0 Å². The molecule has 0 aliphatic heterocycles. The molecule has 14 heavy (non-hydrogen) atoms. The SMILES string of the molecule is C/C=C\C(=C/C)CCc1ccccc1. The van der Waals surface area contributed by atoms with Crippen LogP contribution >= 0.6 is 0 Å². The average Bonchev–Trinajstić information content (AvgIpc) is 2.25. The molecule has 0 nitrogen and oxygen atoms in total. The van der Waals surface area contributed by atoms with Crippen LogP contribution in [0.1, 0.15) is 25.8 Å². The molecule has 1 aromatic carbocycles. The van der Waals surface area contributed by atoms with Crippen LogP contribution < -0.4 is 0 Å². The topological polar surface area (TPSA) is 0 Å². The zero-order chi connectivity index (χ0) is 10.2. The predicted molar refractivity (Wildman–Crippen MR) is 63.3 cm³/mol. The molecule has 0 spiro atoms. The van der Waals surface area contributed by atoms with Gasteiger partial charge < -0.3 is 0 Å². The molecule has 0 amide bonds. The molecule has 74 valence electrons. The van der Waals surface area contributed by atoms with Gasteiger partial charge in [-0.1, -0.05) is 54.1 Å². The van der Waals surface area contributed by atoms with Crippen molar-refractivity contribution in [2.75, 3.05) is 0 Å². The second-order valence-electron chi connectivity index (χ2n) is 3.35. The van der Waals surface area contributed by atoms with Crippen LogP contribution in [-0.2, 0) is 6.42 Å². The number of hydrogen-bond donors (Lipinski definition) is 0. The van der Waals surface area contributed by atoms with E-state index < -0.39 is 0 Å². The Kier molecular flexibility index (Phi) is 4.77. The number of benzene rings is 1. The third-order valence-corrected chi connectivity index (χ3v) is 2.30. The van der Waals surface area contributed by atoms with Gasteiger partial charge in [0.25, 0.3) is 0 Å². The summed E-state index contributed by atoms with van der Waals surface area (Å²) in [6, 6.07) is 10.6. The van der Waals surface area contributed by atoms with Gasteiger partial charge in [0.15, 0.2) is 0 Å². The third-order valence-electron chi connectivity index (χ3n) is 2.30. The summed E-state index contributed by atoms with van der Waals surface area (Å²) in [6.45, 7) is 4.16. The van der Waals surface area contributed by atoms with E-state index in [9.17, 15) is 0 Å². The normalized spacial score (nSPS) is 12.3. The summed E-state index contributed by atoms with van der Waals surface area (Å²) < 4.78 is 0. The smallest absolute Gasteiger partial charge is 0.0238 e. The lowest BCUT2D eigenvalue weighted by molar-refractivity contribution is 0.962. The lowest BCUT2D eigenvalue weighted by Gasteiger charge is -2.01. The van der Waals surface area contributed by atoms with Gasteiger partial charge in [-0.05, 0) is 32.3 Å². The second kappa shape index (κ2) is 6.20. The first-order valence-corrected chi connectivity index (χ1v) is 5.18. The van der Waals surface area contributed by atoms with Crippen molar-refractivity contribution < 1.29 is 0 Å². The van der Waals surface area contributed by atoms with Gasteiger partial charge in [-0.3, -0.25) is 0 Å². The highest BCUT2D eigenvalue weighted by Crippen LogP contribution is 2.09. The van der Waals surface area contributed by atoms with Gasteiger partial charge in [0.1, 0.15) is 0 Å². The number of aryl methyl sites for hydroxylation is 1. The van der Waals surface area contributed by atoms with Gasteiger partial charge in [0.2, 0.25) is 0 Å². The molecule has 0 heteroatoms. The minimum Gasteiger partial charge on any atom is -0.0874 e. The van der Waals surface area contributed by atoms with Gasteiger partial charge in [0.05, 0.1) is 0 Å². The van der Waals surface area contributed by atoms with Crippen LogP contribution in [0.5, 0.6) is 0 Å². The molecule has 0 aliphatic rings. The van der Waals surface area contributed by atoms with E-state index in [4.69, 9.17) is 0 Å². The Balaban J connectivity index is 2.48. The van der Waals surface area contributed by atoms with Crippen LogP contribution in [-0.4, -0.2) is 0 Å². The molecule has 0 bridgehead atoms.